The number of imide groups is 1. The van der Waals surface area contributed by atoms with Crippen LogP contribution in [0.2, 0.25) is 0 Å². The third-order valence-corrected chi connectivity index (χ3v) is 8.98. The molecular weight excluding hydrogens is 526 g/mol. The first-order valence-corrected chi connectivity index (χ1v) is 14.0. The fourth-order valence-corrected chi connectivity index (χ4v) is 7.01. The number of methoxy groups -OCH3 is 1. The minimum absolute atomic E-state index is 0.312. The normalized spacial score (nSPS) is 22.8. The Morgan fingerprint density at radius 2 is 1.40 bits per heavy atom. The zero-order valence-corrected chi connectivity index (χ0v) is 22.7. The summed E-state index contributed by atoms with van der Waals surface area (Å²) in [6.45, 7) is 0. The average Bonchev–Trinajstić information content (AvgIpc) is 3.30. The van der Waals surface area contributed by atoms with Crippen molar-refractivity contribution in [2.75, 3.05) is 12.0 Å². The van der Waals surface area contributed by atoms with Crippen molar-refractivity contribution in [1.29, 1.82) is 0 Å². The molecule has 6 nitrogen and oxygen atoms in total. The van der Waals surface area contributed by atoms with Crippen molar-refractivity contribution in [3.63, 3.8) is 0 Å². The predicted molar refractivity (Wildman–Crippen MR) is 160 cm³/mol. The van der Waals surface area contributed by atoms with Gasteiger partial charge in [0.15, 0.2) is 0 Å². The Morgan fingerprint density at radius 1 is 0.714 bits per heavy atom. The minimum atomic E-state index is -0.900. The molecule has 204 valence electrons. The molecule has 0 unspecified atom stereocenters. The molecule has 5 aromatic rings. The number of ether oxygens (including phenoxy) is 2. The summed E-state index contributed by atoms with van der Waals surface area (Å²) in [6, 6.07) is 32.7. The maximum atomic E-state index is 14.3. The van der Waals surface area contributed by atoms with E-state index in [9.17, 15) is 14.4 Å². The SMILES string of the molecule is COc1ccc([C@@H]2C=C3c4ccc5ccccc5c4OC(=O)[C@@H]3[C@H]3C(=O)N(c4ccc5ccccc5c4)C(=O)[C@H]32)cc1. The Balaban J connectivity index is 1.32. The first-order chi connectivity index (χ1) is 20.5. The van der Waals surface area contributed by atoms with E-state index in [1.807, 2.05) is 103 Å². The quantitative estimate of drug-likeness (QED) is 0.145. The number of allylic oxidation sites excluding steroid dienone is 1. The van der Waals surface area contributed by atoms with Crippen molar-refractivity contribution in [3.05, 3.63) is 120 Å². The number of rotatable bonds is 3. The Hall–Kier alpha value is -5.23. The van der Waals surface area contributed by atoms with E-state index in [1.165, 1.54) is 4.90 Å². The Kier molecular flexibility index (Phi) is 5.35. The van der Waals surface area contributed by atoms with Crippen LogP contribution >= 0.6 is 0 Å². The van der Waals surface area contributed by atoms with E-state index < -0.39 is 29.6 Å². The van der Waals surface area contributed by atoms with Crippen LogP contribution in [0.4, 0.5) is 5.69 Å². The smallest absolute Gasteiger partial charge is 0.319 e. The highest BCUT2D eigenvalue weighted by Crippen LogP contribution is 2.55. The average molecular weight is 552 g/mol. The first-order valence-electron chi connectivity index (χ1n) is 14.0. The van der Waals surface area contributed by atoms with Crippen molar-refractivity contribution in [2.24, 2.45) is 17.8 Å². The zero-order valence-electron chi connectivity index (χ0n) is 22.7. The molecule has 0 aromatic heterocycles. The van der Waals surface area contributed by atoms with Crippen LogP contribution in [-0.2, 0) is 14.4 Å². The molecule has 8 rings (SSSR count). The van der Waals surface area contributed by atoms with E-state index in [0.29, 0.717) is 17.2 Å². The Labute approximate surface area is 241 Å². The zero-order chi connectivity index (χ0) is 28.5. The van der Waals surface area contributed by atoms with Crippen LogP contribution in [0.1, 0.15) is 17.0 Å². The highest BCUT2D eigenvalue weighted by molar-refractivity contribution is 6.25. The summed E-state index contributed by atoms with van der Waals surface area (Å²) in [6.07, 6.45) is 2.01. The van der Waals surface area contributed by atoms with Gasteiger partial charge >= 0.3 is 5.97 Å². The largest absolute Gasteiger partial charge is 0.497 e. The molecular formula is C36H25NO5. The molecule has 0 N–H and O–H groups in total. The van der Waals surface area contributed by atoms with Crippen molar-refractivity contribution < 1.29 is 23.9 Å². The monoisotopic (exact) mass is 551 g/mol. The van der Waals surface area contributed by atoms with Gasteiger partial charge in [0, 0.05) is 16.9 Å². The number of hydrogen-bond acceptors (Lipinski definition) is 5. The van der Waals surface area contributed by atoms with Crippen LogP contribution in [0.15, 0.2) is 109 Å². The first kappa shape index (κ1) is 24.6. The van der Waals surface area contributed by atoms with Gasteiger partial charge in [-0.2, -0.15) is 0 Å². The van der Waals surface area contributed by atoms with Crippen LogP contribution in [0.25, 0.3) is 27.1 Å². The van der Waals surface area contributed by atoms with Crippen molar-refractivity contribution in [1.82, 2.24) is 0 Å². The summed E-state index contributed by atoms with van der Waals surface area (Å²) >= 11 is 0. The van der Waals surface area contributed by atoms with Gasteiger partial charge in [0.05, 0.1) is 30.6 Å². The molecule has 1 fully saturated rings. The summed E-state index contributed by atoms with van der Waals surface area (Å²) in [5, 5.41) is 3.72. The van der Waals surface area contributed by atoms with Crippen molar-refractivity contribution >= 4 is 50.6 Å². The van der Waals surface area contributed by atoms with Gasteiger partial charge in [-0.25, -0.2) is 4.90 Å². The lowest BCUT2D eigenvalue weighted by Crippen LogP contribution is -2.42. The molecule has 0 bridgehead atoms. The second-order valence-electron chi connectivity index (χ2n) is 11.1. The van der Waals surface area contributed by atoms with Gasteiger partial charge < -0.3 is 9.47 Å². The number of esters is 1. The maximum Gasteiger partial charge on any atom is 0.319 e. The molecule has 0 saturated carbocycles. The number of carbonyl (C=O) groups excluding carboxylic acids is 3. The summed E-state index contributed by atoms with van der Waals surface area (Å²) in [7, 11) is 1.60. The highest BCUT2D eigenvalue weighted by Gasteiger charge is 2.60. The van der Waals surface area contributed by atoms with E-state index >= 15 is 0 Å². The second-order valence-corrected chi connectivity index (χ2v) is 11.1. The summed E-state index contributed by atoms with van der Waals surface area (Å²) in [5.74, 6) is -2.99. The van der Waals surface area contributed by atoms with E-state index in [0.717, 1.165) is 38.2 Å². The Morgan fingerprint density at radius 3 is 2.19 bits per heavy atom. The maximum absolute atomic E-state index is 14.3. The summed E-state index contributed by atoms with van der Waals surface area (Å²) in [5.41, 5.74) is 2.89. The molecule has 4 atom stereocenters. The van der Waals surface area contributed by atoms with Gasteiger partial charge in [-0.1, -0.05) is 84.9 Å². The molecule has 2 amide bonds. The van der Waals surface area contributed by atoms with Crippen LogP contribution in [-0.4, -0.2) is 24.9 Å². The standard InChI is InChI=1S/C36H25NO5/c1-41-25-15-11-22(12-16-25)28-19-29-27-17-13-21-7-4-5-9-26(21)33(27)42-36(40)31(29)32-30(28)34(38)37(35(32)39)24-14-10-20-6-2-3-8-23(20)18-24/h2-19,28,30-32H,1H3/t28-,30-,31-,32-/m0/s1. The lowest BCUT2D eigenvalue weighted by Gasteiger charge is -2.38. The lowest BCUT2D eigenvalue weighted by molar-refractivity contribution is -0.142. The molecule has 5 aromatic carbocycles. The van der Waals surface area contributed by atoms with Gasteiger partial charge in [-0.15, -0.1) is 0 Å². The van der Waals surface area contributed by atoms with E-state index in [2.05, 4.69) is 0 Å². The second kappa shape index (κ2) is 9.14. The molecule has 6 heteroatoms. The Bertz CT molecular complexity index is 1990. The lowest BCUT2D eigenvalue weighted by atomic mass is 9.64. The van der Waals surface area contributed by atoms with Crippen molar-refractivity contribution in [3.8, 4) is 11.5 Å². The van der Waals surface area contributed by atoms with Crippen LogP contribution < -0.4 is 14.4 Å². The topological polar surface area (TPSA) is 72.9 Å². The van der Waals surface area contributed by atoms with E-state index in [4.69, 9.17) is 9.47 Å². The molecule has 3 aliphatic rings. The van der Waals surface area contributed by atoms with Gasteiger partial charge in [0.2, 0.25) is 11.8 Å². The molecule has 0 spiro atoms. The van der Waals surface area contributed by atoms with Crippen LogP contribution in [0.5, 0.6) is 11.5 Å². The molecule has 1 saturated heterocycles. The fraction of sp³-hybridized carbons (Fsp3) is 0.139. The number of hydrogen-bond donors (Lipinski definition) is 0. The van der Waals surface area contributed by atoms with Crippen molar-refractivity contribution in [2.45, 2.75) is 5.92 Å². The third-order valence-electron chi connectivity index (χ3n) is 8.98. The number of carbonyl (C=O) groups is 3. The summed E-state index contributed by atoms with van der Waals surface area (Å²) in [4.78, 5) is 43.7. The molecule has 2 aliphatic heterocycles. The summed E-state index contributed by atoms with van der Waals surface area (Å²) < 4.78 is 11.4. The van der Waals surface area contributed by atoms with E-state index in [1.54, 1.807) is 13.2 Å². The van der Waals surface area contributed by atoms with Gasteiger partial charge in [0.1, 0.15) is 11.5 Å². The molecule has 1 aliphatic carbocycles. The number of fused-ring (bicyclic) bond motifs is 8. The number of anilines is 1. The fourth-order valence-electron chi connectivity index (χ4n) is 7.01. The number of nitrogens with zero attached hydrogens (tertiary/aromatic N) is 1. The van der Waals surface area contributed by atoms with E-state index in [-0.39, 0.29) is 11.8 Å². The van der Waals surface area contributed by atoms with Crippen LogP contribution in [0.3, 0.4) is 0 Å². The van der Waals surface area contributed by atoms with Gasteiger partial charge in [0.25, 0.3) is 0 Å². The minimum Gasteiger partial charge on any atom is -0.497 e. The molecule has 0 radical (unpaired) electrons. The number of benzene rings is 5. The number of amides is 2. The molecule has 2 heterocycles. The predicted octanol–water partition coefficient (Wildman–Crippen LogP) is 6.52. The van der Waals surface area contributed by atoms with Crippen LogP contribution in [0, 0.1) is 17.8 Å². The third kappa shape index (κ3) is 3.48. The van der Waals surface area contributed by atoms with Gasteiger partial charge in [-0.05, 0) is 51.6 Å². The highest BCUT2D eigenvalue weighted by atomic mass is 16.5. The van der Waals surface area contributed by atoms with Gasteiger partial charge in [-0.3, -0.25) is 14.4 Å². The molecule has 42 heavy (non-hydrogen) atoms.